The van der Waals surface area contributed by atoms with E-state index in [4.69, 9.17) is 9.15 Å². The molecule has 2 amide bonds. The van der Waals surface area contributed by atoms with Crippen LogP contribution in [0.25, 0.3) is 0 Å². The number of aryl methyl sites for hydroxylation is 1. The minimum Gasteiger partial charge on any atom is -0.467 e. The average molecular weight is 392 g/mol. The van der Waals surface area contributed by atoms with Gasteiger partial charge in [0.1, 0.15) is 5.76 Å². The van der Waals surface area contributed by atoms with Crippen molar-refractivity contribution in [1.29, 1.82) is 0 Å². The van der Waals surface area contributed by atoms with Crippen LogP contribution in [-0.2, 0) is 16.1 Å². The van der Waals surface area contributed by atoms with Crippen LogP contribution in [0.15, 0.2) is 71.3 Å². The molecule has 0 bridgehead atoms. The van der Waals surface area contributed by atoms with Crippen molar-refractivity contribution >= 4 is 23.5 Å². The van der Waals surface area contributed by atoms with Crippen LogP contribution in [0.5, 0.6) is 0 Å². The number of anilines is 1. The molecule has 0 saturated heterocycles. The van der Waals surface area contributed by atoms with E-state index in [1.165, 1.54) is 6.26 Å². The molecule has 0 atom stereocenters. The minimum absolute atomic E-state index is 0.224. The van der Waals surface area contributed by atoms with Gasteiger partial charge in [-0.2, -0.15) is 0 Å². The molecule has 0 fully saturated rings. The van der Waals surface area contributed by atoms with Gasteiger partial charge in [0, 0.05) is 0 Å². The second kappa shape index (κ2) is 9.36. The van der Waals surface area contributed by atoms with Gasteiger partial charge in [-0.1, -0.05) is 29.8 Å². The van der Waals surface area contributed by atoms with E-state index in [0.29, 0.717) is 17.0 Å². The Morgan fingerprint density at radius 1 is 0.966 bits per heavy atom. The smallest absolute Gasteiger partial charge is 0.338 e. The summed E-state index contributed by atoms with van der Waals surface area (Å²) in [4.78, 5) is 36.6. The van der Waals surface area contributed by atoms with Gasteiger partial charge in [0.05, 0.1) is 29.6 Å². The third-order valence-corrected chi connectivity index (χ3v) is 4.07. The van der Waals surface area contributed by atoms with Crippen molar-refractivity contribution in [3.8, 4) is 0 Å². The number of furan rings is 1. The highest BCUT2D eigenvalue weighted by Gasteiger charge is 2.15. The Kier molecular flexibility index (Phi) is 6.42. The van der Waals surface area contributed by atoms with Crippen LogP contribution < -0.4 is 10.6 Å². The molecule has 0 unspecified atom stereocenters. The average Bonchev–Trinajstić information content (AvgIpc) is 3.25. The van der Waals surface area contributed by atoms with E-state index >= 15 is 0 Å². The molecular weight excluding hydrogens is 372 g/mol. The molecule has 7 nitrogen and oxygen atoms in total. The van der Waals surface area contributed by atoms with Crippen LogP contribution in [0.1, 0.15) is 32.0 Å². The van der Waals surface area contributed by atoms with Gasteiger partial charge in [-0.05, 0) is 43.3 Å². The summed E-state index contributed by atoms with van der Waals surface area (Å²) in [6, 6.07) is 16.9. The van der Waals surface area contributed by atoms with E-state index in [1.807, 2.05) is 6.92 Å². The molecule has 0 aliphatic carbocycles. The van der Waals surface area contributed by atoms with Gasteiger partial charge in [-0.3, -0.25) is 9.59 Å². The number of carbonyl (C=O) groups excluding carboxylic acids is 3. The number of nitrogens with one attached hydrogen (secondary N) is 2. The monoisotopic (exact) mass is 392 g/mol. The van der Waals surface area contributed by atoms with E-state index in [-0.39, 0.29) is 18.0 Å². The lowest BCUT2D eigenvalue weighted by atomic mass is 10.1. The van der Waals surface area contributed by atoms with Crippen molar-refractivity contribution in [2.24, 2.45) is 0 Å². The zero-order chi connectivity index (χ0) is 20.6. The molecule has 0 saturated carbocycles. The minimum atomic E-state index is -0.593. The summed E-state index contributed by atoms with van der Waals surface area (Å²) in [5, 5.41) is 5.32. The molecule has 0 spiro atoms. The highest BCUT2D eigenvalue weighted by atomic mass is 16.5. The molecule has 3 aromatic rings. The molecule has 2 N–H and O–H groups in total. The topological polar surface area (TPSA) is 97.6 Å². The highest BCUT2D eigenvalue weighted by Crippen LogP contribution is 2.15. The first-order valence-corrected chi connectivity index (χ1v) is 8.96. The van der Waals surface area contributed by atoms with Gasteiger partial charge < -0.3 is 19.8 Å². The van der Waals surface area contributed by atoms with Crippen molar-refractivity contribution in [3.05, 3.63) is 89.4 Å². The summed E-state index contributed by atoms with van der Waals surface area (Å²) < 4.78 is 10.2. The number of esters is 1. The molecule has 1 heterocycles. The zero-order valence-corrected chi connectivity index (χ0v) is 15.8. The Hall–Kier alpha value is -3.87. The van der Waals surface area contributed by atoms with Crippen LogP contribution in [0.2, 0.25) is 0 Å². The Morgan fingerprint density at radius 3 is 2.45 bits per heavy atom. The van der Waals surface area contributed by atoms with Gasteiger partial charge >= 0.3 is 5.97 Å². The van der Waals surface area contributed by atoms with Crippen LogP contribution in [0.3, 0.4) is 0 Å². The Morgan fingerprint density at radius 2 is 1.72 bits per heavy atom. The van der Waals surface area contributed by atoms with Gasteiger partial charge in [-0.15, -0.1) is 0 Å². The summed E-state index contributed by atoms with van der Waals surface area (Å²) in [6.07, 6.45) is 1.52. The normalized spacial score (nSPS) is 10.2. The maximum absolute atomic E-state index is 12.4. The molecule has 0 aliphatic heterocycles. The highest BCUT2D eigenvalue weighted by molar-refractivity contribution is 6.04. The van der Waals surface area contributed by atoms with Crippen molar-refractivity contribution in [1.82, 2.24) is 5.32 Å². The molecule has 1 aromatic heterocycles. The zero-order valence-electron chi connectivity index (χ0n) is 15.8. The van der Waals surface area contributed by atoms with E-state index in [2.05, 4.69) is 10.6 Å². The third kappa shape index (κ3) is 5.55. The number of hydrogen-bond acceptors (Lipinski definition) is 5. The van der Waals surface area contributed by atoms with Gasteiger partial charge in [0.2, 0.25) is 0 Å². The second-order valence-corrected chi connectivity index (χ2v) is 6.30. The van der Waals surface area contributed by atoms with Crippen LogP contribution in [-0.4, -0.2) is 24.4 Å². The summed E-state index contributed by atoms with van der Waals surface area (Å²) in [5.41, 5.74) is 1.99. The van der Waals surface area contributed by atoms with E-state index < -0.39 is 18.5 Å². The molecule has 2 aromatic carbocycles. The van der Waals surface area contributed by atoms with Crippen molar-refractivity contribution < 1.29 is 23.5 Å². The predicted octanol–water partition coefficient (Wildman–Crippen LogP) is 3.31. The number of benzene rings is 2. The first kappa shape index (κ1) is 19.9. The Balaban J connectivity index is 1.56. The van der Waals surface area contributed by atoms with E-state index in [0.717, 1.165) is 5.56 Å². The van der Waals surface area contributed by atoms with E-state index in [9.17, 15) is 14.4 Å². The molecule has 3 rings (SSSR count). The number of amides is 2. The van der Waals surface area contributed by atoms with Crippen LogP contribution in [0, 0.1) is 6.92 Å². The number of rotatable bonds is 7. The lowest BCUT2D eigenvalue weighted by Gasteiger charge is -2.11. The van der Waals surface area contributed by atoms with Gasteiger partial charge in [-0.25, -0.2) is 4.79 Å². The quantitative estimate of drug-likeness (QED) is 0.601. The van der Waals surface area contributed by atoms with E-state index in [1.54, 1.807) is 60.7 Å². The SMILES string of the molecule is Cc1ccc(C(=O)OCC(=O)Nc2ccccc2C(=O)NCc2ccco2)cc1. The maximum Gasteiger partial charge on any atom is 0.338 e. The van der Waals surface area contributed by atoms with Gasteiger partial charge in [0.15, 0.2) is 6.61 Å². The summed E-state index contributed by atoms with van der Waals surface area (Å²) >= 11 is 0. The molecule has 0 aliphatic rings. The number of carbonyl (C=O) groups is 3. The lowest BCUT2D eigenvalue weighted by Crippen LogP contribution is -2.26. The molecular formula is C22H20N2O5. The number of para-hydroxylation sites is 1. The largest absolute Gasteiger partial charge is 0.467 e. The summed E-state index contributed by atoms with van der Waals surface area (Å²) in [5.74, 6) is -0.891. The fourth-order valence-corrected chi connectivity index (χ4v) is 2.56. The fraction of sp³-hybridized carbons (Fsp3) is 0.136. The molecule has 148 valence electrons. The van der Waals surface area contributed by atoms with Crippen molar-refractivity contribution in [2.45, 2.75) is 13.5 Å². The van der Waals surface area contributed by atoms with Crippen molar-refractivity contribution in [2.75, 3.05) is 11.9 Å². The van der Waals surface area contributed by atoms with Crippen LogP contribution in [0.4, 0.5) is 5.69 Å². The molecule has 29 heavy (non-hydrogen) atoms. The number of hydrogen-bond donors (Lipinski definition) is 2. The third-order valence-electron chi connectivity index (χ3n) is 4.07. The van der Waals surface area contributed by atoms with Crippen molar-refractivity contribution in [3.63, 3.8) is 0 Å². The standard InChI is InChI=1S/C22H20N2O5/c1-15-8-10-16(11-9-15)22(27)29-14-20(25)24-19-7-3-2-6-18(19)21(26)23-13-17-5-4-12-28-17/h2-12H,13-14H2,1H3,(H,23,26)(H,24,25). The fourth-order valence-electron chi connectivity index (χ4n) is 2.56. The number of ether oxygens (including phenoxy) is 1. The van der Waals surface area contributed by atoms with Crippen LogP contribution >= 0.6 is 0 Å². The van der Waals surface area contributed by atoms with Gasteiger partial charge in [0.25, 0.3) is 11.8 Å². The predicted molar refractivity (Wildman–Crippen MR) is 106 cm³/mol. The second-order valence-electron chi connectivity index (χ2n) is 6.30. The summed E-state index contributed by atoms with van der Waals surface area (Å²) in [7, 11) is 0. The summed E-state index contributed by atoms with van der Waals surface area (Å²) in [6.45, 7) is 1.67. The lowest BCUT2D eigenvalue weighted by molar-refractivity contribution is -0.119. The molecule has 7 heteroatoms. The Bertz CT molecular complexity index is 994. The first-order chi connectivity index (χ1) is 14.0. The Labute approximate surface area is 167 Å². The molecule has 0 radical (unpaired) electrons. The first-order valence-electron chi connectivity index (χ1n) is 8.96. The maximum atomic E-state index is 12.4.